The Morgan fingerprint density at radius 1 is 1.31 bits per heavy atom. The van der Waals surface area contributed by atoms with E-state index in [0.29, 0.717) is 5.95 Å². The van der Waals surface area contributed by atoms with E-state index < -0.39 is 0 Å². The number of rotatable bonds is 2. The number of hydrogen-bond donors (Lipinski definition) is 1. The van der Waals surface area contributed by atoms with Crippen molar-refractivity contribution in [3.63, 3.8) is 0 Å². The molecule has 0 amide bonds. The van der Waals surface area contributed by atoms with Crippen molar-refractivity contribution < 1.29 is 0 Å². The van der Waals surface area contributed by atoms with Crippen LogP contribution in [0.4, 0.5) is 5.95 Å². The summed E-state index contributed by atoms with van der Waals surface area (Å²) in [5.74, 6) is 0.618. The van der Waals surface area contributed by atoms with E-state index in [-0.39, 0.29) is 0 Å². The molecule has 0 atom stereocenters. The first kappa shape index (κ1) is 8.12. The third-order valence-corrected chi connectivity index (χ3v) is 2.33. The van der Waals surface area contributed by atoms with Gasteiger partial charge in [-0.15, -0.1) is 11.3 Å². The van der Waals surface area contributed by atoms with Crippen LogP contribution in [0.3, 0.4) is 0 Å². The molecule has 0 aromatic carbocycles. The predicted molar refractivity (Wildman–Crippen MR) is 52.7 cm³/mol. The van der Waals surface area contributed by atoms with Crippen molar-refractivity contribution in [3.05, 3.63) is 23.8 Å². The Labute approximate surface area is 79.7 Å². The van der Waals surface area contributed by atoms with E-state index in [0.717, 1.165) is 10.7 Å². The molecule has 2 aromatic rings. The molecule has 2 rings (SSSR count). The number of nitrogens with one attached hydrogen (secondary N) is 1. The minimum Gasteiger partial charge on any atom is -0.357 e. The average Bonchev–Trinajstić information content (AvgIpc) is 2.71. The zero-order valence-corrected chi connectivity index (χ0v) is 7.88. The summed E-state index contributed by atoms with van der Waals surface area (Å²) in [7, 11) is 1.79. The highest BCUT2D eigenvalue weighted by Crippen LogP contribution is 2.19. The molecule has 0 aliphatic heterocycles. The van der Waals surface area contributed by atoms with Crippen molar-refractivity contribution in [1.29, 1.82) is 0 Å². The summed E-state index contributed by atoms with van der Waals surface area (Å²) >= 11 is 1.57. The highest BCUT2D eigenvalue weighted by molar-refractivity contribution is 7.13. The van der Waals surface area contributed by atoms with Gasteiger partial charge in [-0.1, -0.05) is 0 Å². The van der Waals surface area contributed by atoms with Gasteiger partial charge in [0.1, 0.15) is 10.7 Å². The number of hydrogen-bond acceptors (Lipinski definition) is 5. The molecular weight excluding hydrogens is 184 g/mol. The van der Waals surface area contributed by atoms with Crippen molar-refractivity contribution in [1.82, 2.24) is 15.0 Å². The molecule has 2 heterocycles. The maximum atomic E-state index is 4.26. The van der Waals surface area contributed by atoms with E-state index in [1.807, 2.05) is 11.4 Å². The topological polar surface area (TPSA) is 50.7 Å². The van der Waals surface area contributed by atoms with E-state index in [4.69, 9.17) is 0 Å². The van der Waals surface area contributed by atoms with Gasteiger partial charge in [-0.3, -0.25) is 0 Å². The lowest BCUT2D eigenvalue weighted by Gasteiger charge is -1.98. The van der Waals surface area contributed by atoms with Crippen LogP contribution in [-0.4, -0.2) is 22.0 Å². The Balaban J connectivity index is 2.41. The van der Waals surface area contributed by atoms with Gasteiger partial charge < -0.3 is 5.32 Å². The van der Waals surface area contributed by atoms with Crippen molar-refractivity contribution >= 4 is 17.3 Å². The first-order valence-electron chi connectivity index (χ1n) is 3.81. The smallest absolute Gasteiger partial charge is 0.223 e. The van der Waals surface area contributed by atoms with Crippen LogP contribution in [-0.2, 0) is 0 Å². The van der Waals surface area contributed by atoms with Crippen LogP contribution in [0.25, 0.3) is 10.7 Å². The van der Waals surface area contributed by atoms with E-state index in [9.17, 15) is 0 Å². The molecule has 0 radical (unpaired) electrons. The van der Waals surface area contributed by atoms with Gasteiger partial charge in [0.15, 0.2) is 0 Å². The predicted octanol–water partition coefficient (Wildman–Crippen LogP) is 1.64. The van der Waals surface area contributed by atoms with Crippen molar-refractivity contribution in [2.75, 3.05) is 12.4 Å². The van der Waals surface area contributed by atoms with E-state index in [1.54, 1.807) is 30.8 Å². The first-order chi connectivity index (χ1) is 6.40. The largest absolute Gasteiger partial charge is 0.357 e. The zero-order chi connectivity index (χ0) is 9.10. The van der Waals surface area contributed by atoms with Crippen LogP contribution in [0.15, 0.2) is 23.8 Å². The highest BCUT2D eigenvalue weighted by Gasteiger charge is 2.02. The highest BCUT2D eigenvalue weighted by atomic mass is 32.1. The van der Waals surface area contributed by atoms with Gasteiger partial charge >= 0.3 is 0 Å². The molecule has 5 heteroatoms. The molecule has 0 aliphatic rings. The van der Waals surface area contributed by atoms with Crippen LogP contribution in [0, 0.1) is 0 Å². The third kappa shape index (κ3) is 1.65. The number of thiazole rings is 1. The molecule has 0 unspecified atom stereocenters. The molecule has 13 heavy (non-hydrogen) atoms. The van der Waals surface area contributed by atoms with Crippen LogP contribution in [0.1, 0.15) is 0 Å². The average molecular weight is 192 g/mol. The lowest BCUT2D eigenvalue weighted by molar-refractivity contribution is 1.15. The summed E-state index contributed by atoms with van der Waals surface area (Å²) in [5.41, 5.74) is 0.856. The van der Waals surface area contributed by atoms with Gasteiger partial charge in [-0.05, 0) is 6.07 Å². The summed E-state index contributed by atoms with van der Waals surface area (Å²) < 4.78 is 0. The molecule has 4 nitrogen and oxygen atoms in total. The molecule has 0 fully saturated rings. The normalized spacial score (nSPS) is 9.92. The summed E-state index contributed by atoms with van der Waals surface area (Å²) in [6.45, 7) is 0. The Morgan fingerprint density at radius 3 is 2.92 bits per heavy atom. The number of aromatic nitrogens is 3. The fourth-order valence-electron chi connectivity index (χ4n) is 0.948. The maximum absolute atomic E-state index is 4.26. The fourth-order valence-corrected chi connectivity index (χ4v) is 1.55. The summed E-state index contributed by atoms with van der Waals surface area (Å²) in [4.78, 5) is 12.4. The maximum Gasteiger partial charge on any atom is 0.223 e. The number of nitrogens with zero attached hydrogens (tertiary/aromatic N) is 3. The van der Waals surface area contributed by atoms with Crippen molar-refractivity contribution in [3.8, 4) is 10.7 Å². The van der Waals surface area contributed by atoms with Gasteiger partial charge in [-0.25, -0.2) is 15.0 Å². The molecule has 2 aromatic heterocycles. The molecule has 66 valence electrons. The first-order valence-corrected chi connectivity index (χ1v) is 4.69. The standard InChI is InChI=1S/C8H8N4S/c1-9-8-11-3-2-6(12-8)7-10-4-5-13-7/h2-5H,1H3,(H,9,11,12). The second kappa shape index (κ2) is 3.49. The Morgan fingerprint density at radius 2 is 2.23 bits per heavy atom. The van der Waals surface area contributed by atoms with Crippen molar-refractivity contribution in [2.45, 2.75) is 0 Å². The summed E-state index contributed by atoms with van der Waals surface area (Å²) in [6, 6.07) is 1.85. The Hall–Kier alpha value is -1.49. The van der Waals surface area contributed by atoms with Gasteiger partial charge in [0.2, 0.25) is 5.95 Å². The SMILES string of the molecule is CNc1nccc(-c2nccs2)n1. The second-order valence-electron chi connectivity index (χ2n) is 2.35. The van der Waals surface area contributed by atoms with Gasteiger partial charge in [-0.2, -0.15) is 0 Å². The number of anilines is 1. The van der Waals surface area contributed by atoms with Crippen LogP contribution in [0.5, 0.6) is 0 Å². The summed E-state index contributed by atoms with van der Waals surface area (Å²) in [6.07, 6.45) is 3.48. The second-order valence-corrected chi connectivity index (χ2v) is 3.25. The van der Waals surface area contributed by atoms with E-state index >= 15 is 0 Å². The minimum atomic E-state index is 0.618. The van der Waals surface area contributed by atoms with Crippen LogP contribution in [0.2, 0.25) is 0 Å². The van der Waals surface area contributed by atoms with E-state index in [1.165, 1.54) is 0 Å². The lowest BCUT2D eigenvalue weighted by atomic mass is 10.4. The third-order valence-electron chi connectivity index (χ3n) is 1.53. The van der Waals surface area contributed by atoms with Crippen molar-refractivity contribution in [2.24, 2.45) is 0 Å². The van der Waals surface area contributed by atoms with Crippen LogP contribution < -0.4 is 5.32 Å². The quantitative estimate of drug-likeness (QED) is 0.786. The molecular formula is C8H8N4S. The Kier molecular flexibility index (Phi) is 2.18. The molecule has 0 aliphatic carbocycles. The van der Waals surface area contributed by atoms with Gasteiger partial charge in [0, 0.05) is 24.8 Å². The van der Waals surface area contributed by atoms with Crippen LogP contribution >= 0.6 is 11.3 Å². The Bertz CT molecular complexity index is 385. The molecule has 0 saturated carbocycles. The molecule has 1 N–H and O–H groups in total. The minimum absolute atomic E-state index is 0.618. The monoisotopic (exact) mass is 192 g/mol. The molecule has 0 saturated heterocycles. The lowest BCUT2D eigenvalue weighted by Crippen LogP contribution is -1.96. The molecule has 0 spiro atoms. The molecule has 0 bridgehead atoms. The van der Waals surface area contributed by atoms with E-state index in [2.05, 4.69) is 20.3 Å². The fraction of sp³-hybridized carbons (Fsp3) is 0.125. The van der Waals surface area contributed by atoms with Gasteiger partial charge in [0.05, 0.1) is 0 Å². The zero-order valence-electron chi connectivity index (χ0n) is 7.06. The van der Waals surface area contributed by atoms with Gasteiger partial charge in [0.25, 0.3) is 0 Å². The summed E-state index contributed by atoms with van der Waals surface area (Å²) in [5, 5.41) is 5.73.